The van der Waals surface area contributed by atoms with Crippen molar-refractivity contribution in [1.82, 2.24) is 4.98 Å². The van der Waals surface area contributed by atoms with E-state index in [-0.39, 0.29) is 6.10 Å². The molecule has 0 aliphatic carbocycles. The van der Waals surface area contributed by atoms with E-state index in [2.05, 4.69) is 40.6 Å². The summed E-state index contributed by atoms with van der Waals surface area (Å²) in [5, 5.41) is 4.63. The molecule has 1 aliphatic rings. The highest BCUT2D eigenvalue weighted by Gasteiger charge is 2.11. The van der Waals surface area contributed by atoms with Crippen LogP contribution in [0.25, 0.3) is 10.9 Å². The fourth-order valence-electron chi connectivity index (χ4n) is 2.35. The molecule has 0 bridgehead atoms. The van der Waals surface area contributed by atoms with E-state index in [1.54, 1.807) is 6.26 Å². The predicted octanol–water partition coefficient (Wildman–Crippen LogP) is 3.65. The van der Waals surface area contributed by atoms with E-state index in [0.717, 1.165) is 36.3 Å². The summed E-state index contributed by atoms with van der Waals surface area (Å²) >= 11 is 0. The summed E-state index contributed by atoms with van der Waals surface area (Å²) in [5.74, 6) is 0. The second-order valence-corrected chi connectivity index (χ2v) is 4.92. The maximum absolute atomic E-state index is 5.57. The smallest absolute Gasteiger partial charge is 0.115 e. The lowest BCUT2D eigenvalue weighted by Crippen LogP contribution is -2.23. The van der Waals surface area contributed by atoms with Gasteiger partial charge >= 0.3 is 0 Å². The van der Waals surface area contributed by atoms with Gasteiger partial charge in [0, 0.05) is 11.1 Å². The number of hydrogen-bond donors (Lipinski definition) is 1. The Labute approximate surface area is 113 Å². The van der Waals surface area contributed by atoms with Crippen LogP contribution in [0.15, 0.2) is 42.7 Å². The van der Waals surface area contributed by atoms with Crippen LogP contribution in [0.2, 0.25) is 0 Å². The van der Waals surface area contributed by atoms with E-state index in [0.29, 0.717) is 0 Å². The minimum Gasteiger partial charge on any atom is -0.497 e. The van der Waals surface area contributed by atoms with Crippen molar-refractivity contribution >= 4 is 16.6 Å². The molecule has 0 amide bonds. The van der Waals surface area contributed by atoms with Gasteiger partial charge in [-0.2, -0.15) is 0 Å². The van der Waals surface area contributed by atoms with Gasteiger partial charge in [0.2, 0.25) is 0 Å². The first-order chi connectivity index (χ1) is 9.33. The molecule has 1 N–H and O–H groups in total. The zero-order chi connectivity index (χ0) is 13.1. The predicted molar refractivity (Wildman–Crippen MR) is 78.2 cm³/mol. The number of nitrogens with one attached hydrogen (secondary N) is 1. The van der Waals surface area contributed by atoms with Gasteiger partial charge in [0.25, 0.3) is 0 Å². The number of hydrogen-bond acceptors (Lipinski definition) is 3. The third kappa shape index (κ3) is 2.70. The van der Waals surface area contributed by atoms with Crippen molar-refractivity contribution in [3.8, 4) is 0 Å². The van der Waals surface area contributed by atoms with Crippen molar-refractivity contribution in [3.05, 3.63) is 48.4 Å². The first-order valence-corrected chi connectivity index (χ1v) is 6.73. The van der Waals surface area contributed by atoms with Crippen molar-refractivity contribution in [3.63, 3.8) is 0 Å². The van der Waals surface area contributed by atoms with Crippen molar-refractivity contribution in [1.29, 1.82) is 0 Å². The Morgan fingerprint density at radius 3 is 3.11 bits per heavy atom. The van der Waals surface area contributed by atoms with Crippen LogP contribution in [0.1, 0.15) is 18.5 Å². The Morgan fingerprint density at radius 2 is 2.26 bits per heavy atom. The van der Waals surface area contributed by atoms with Crippen molar-refractivity contribution in [2.24, 2.45) is 0 Å². The lowest BCUT2D eigenvalue weighted by Gasteiger charge is -2.20. The van der Waals surface area contributed by atoms with E-state index in [9.17, 15) is 0 Å². The SMILES string of the molecule is Cc1ccc2cccc(NCC3CCC=CO3)c2n1. The van der Waals surface area contributed by atoms with E-state index < -0.39 is 0 Å². The Morgan fingerprint density at radius 1 is 1.32 bits per heavy atom. The lowest BCUT2D eigenvalue weighted by atomic mass is 10.1. The molecule has 3 heteroatoms. The van der Waals surface area contributed by atoms with Gasteiger partial charge in [-0.05, 0) is 38.0 Å². The zero-order valence-corrected chi connectivity index (χ0v) is 11.1. The average molecular weight is 254 g/mol. The summed E-state index contributed by atoms with van der Waals surface area (Å²) < 4.78 is 5.57. The lowest BCUT2D eigenvalue weighted by molar-refractivity contribution is 0.135. The van der Waals surface area contributed by atoms with Crippen LogP contribution in [0, 0.1) is 6.92 Å². The fourth-order valence-corrected chi connectivity index (χ4v) is 2.35. The molecule has 0 saturated heterocycles. The Balaban J connectivity index is 1.80. The van der Waals surface area contributed by atoms with Gasteiger partial charge in [-0.3, -0.25) is 4.98 Å². The van der Waals surface area contributed by atoms with Gasteiger partial charge < -0.3 is 10.1 Å². The zero-order valence-electron chi connectivity index (χ0n) is 11.1. The molecule has 0 fully saturated rings. The summed E-state index contributed by atoms with van der Waals surface area (Å²) in [6.45, 7) is 2.84. The molecule has 1 aliphatic heterocycles. The van der Waals surface area contributed by atoms with Crippen LogP contribution < -0.4 is 5.32 Å². The summed E-state index contributed by atoms with van der Waals surface area (Å²) in [6, 6.07) is 10.4. The number of ether oxygens (including phenoxy) is 1. The summed E-state index contributed by atoms with van der Waals surface area (Å²) in [7, 11) is 0. The number of pyridine rings is 1. The van der Waals surface area contributed by atoms with Gasteiger partial charge in [0.05, 0.1) is 24.0 Å². The van der Waals surface area contributed by atoms with Crippen molar-refractivity contribution in [2.45, 2.75) is 25.9 Å². The molecule has 0 spiro atoms. The van der Waals surface area contributed by atoms with Crippen molar-refractivity contribution < 1.29 is 4.74 Å². The molecule has 2 aromatic rings. The number of nitrogens with zero attached hydrogens (tertiary/aromatic N) is 1. The molecule has 1 atom stereocenters. The molecule has 1 aromatic carbocycles. The topological polar surface area (TPSA) is 34.1 Å². The summed E-state index contributed by atoms with van der Waals surface area (Å²) in [4.78, 5) is 4.62. The number of anilines is 1. The number of fused-ring (bicyclic) bond motifs is 1. The van der Waals surface area contributed by atoms with Crippen molar-refractivity contribution in [2.75, 3.05) is 11.9 Å². The Kier molecular flexibility index (Phi) is 3.36. The van der Waals surface area contributed by atoms with Gasteiger partial charge in [-0.25, -0.2) is 0 Å². The van der Waals surface area contributed by atoms with Crippen LogP contribution in [0.3, 0.4) is 0 Å². The first kappa shape index (κ1) is 12.0. The maximum Gasteiger partial charge on any atom is 0.115 e. The monoisotopic (exact) mass is 254 g/mol. The summed E-state index contributed by atoms with van der Waals surface area (Å²) in [6.07, 6.45) is 6.30. The van der Waals surface area contributed by atoms with Gasteiger partial charge in [-0.15, -0.1) is 0 Å². The number of benzene rings is 1. The number of rotatable bonds is 3. The number of para-hydroxylation sites is 1. The standard InChI is InChI=1S/C16H18N2O/c1-12-8-9-13-5-4-7-15(16(13)18-12)17-11-14-6-2-3-10-19-14/h3-5,7-10,14,17H,2,6,11H2,1H3. The number of aromatic nitrogens is 1. The van der Waals surface area contributed by atoms with Gasteiger partial charge in [0.15, 0.2) is 0 Å². The number of aryl methyl sites for hydroxylation is 1. The van der Waals surface area contributed by atoms with Gasteiger partial charge in [-0.1, -0.05) is 18.2 Å². The summed E-state index contributed by atoms with van der Waals surface area (Å²) in [5.41, 5.74) is 3.16. The second-order valence-electron chi connectivity index (χ2n) is 4.92. The highest BCUT2D eigenvalue weighted by molar-refractivity contribution is 5.90. The molecule has 19 heavy (non-hydrogen) atoms. The highest BCUT2D eigenvalue weighted by atomic mass is 16.5. The Hall–Kier alpha value is -2.03. The molecule has 98 valence electrons. The normalized spacial score (nSPS) is 18.3. The minimum atomic E-state index is 0.255. The second kappa shape index (κ2) is 5.31. The van der Waals surface area contributed by atoms with Crippen LogP contribution in [0.4, 0.5) is 5.69 Å². The molecule has 1 unspecified atom stereocenters. The molecule has 3 nitrogen and oxygen atoms in total. The van der Waals surface area contributed by atoms with Crippen LogP contribution in [-0.2, 0) is 4.74 Å². The Bertz CT molecular complexity index is 607. The third-order valence-electron chi connectivity index (χ3n) is 3.40. The highest BCUT2D eigenvalue weighted by Crippen LogP contribution is 2.22. The molecular weight excluding hydrogens is 236 g/mol. The maximum atomic E-state index is 5.57. The molecule has 0 radical (unpaired) electrons. The first-order valence-electron chi connectivity index (χ1n) is 6.73. The van der Waals surface area contributed by atoms with Crippen LogP contribution >= 0.6 is 0 Å². The van der Waals surface area contributed by atoms with Crippen LogP contribution in [-0.4, -0.2) is 17.6 Å². The number of allylic oxidation sites excluding steroid dienone is 1. The van der Waals surface area contributed by atoms with Gasteiger partial charge in [0.1, 0.15) is 6.10 Å². The van der Waals surface area contributed by atoms with Crippen LogP contribution in [0.5, 0.6) is 0 Å². The van der Waals surface area contributed by atoms with E-state index >= 15 is 0 Å². The largest absolute Gasteiger partial charge is 0.497 e. The third-order valence-corrected chi connectivity index (χ3v) is 3.40. The average Bonchev–Trinajstić information content (AvgIpc) is 2.46. The van der Waals surface area contributed by atoms with E-state index in [4.69, 9.17) is 4.74 Å². The molecule has 1 aromatic heterocycles. The molecular formula is C16H18N2O. The van der Waals surface area contributed by atoms with E-state index in [1.807, 2.05) is 13.0 Å². The molecule has 0 saturated carbocycles. The quantitative estimate of drug-likeness (QED) is 0.907. The van der Waals surface area contributed by atoms with E-state index in [1.165, 1.54) is 5.39 Å². The fraction of sp³-hybridized carbons (Fsp3) is 0.312. The molecule has 2 heterocycles. The minimum absolute atomic E-state index is 0.255. The molecule has 3 rings (SSSR count).